The summed E-state index contributed by atoms with van der Waals surface area (Å²) in [6.07, 6.45) is -2.28. The number of para-hydroxylation sites is 1. The van der Waals surface area contributed by atoms with Crippen LogP contribution in [0.15, 0.2) is 46.7 Å². The number of thioether (sulfide) groups is 1. The standard InChI is InChI=1S/C15H10F3N5O2S/c16-15(17,18)11-5-6-19-13(21-11)25-10-4-2-1-3-9(10)7-20-23-14-22-12(24)8-26-14/h1-7H,8H2,(H,22,23,24). The minimum absolute atomic E-state index is 0.158. The molecule has 134 valence electrons. The van der Waals surface area contributed by atoms with Gasteiger partial charge in [0.2, 0.25) is 5.91 Å². The van der Waals surface area contributed by atoms with Crippen molar-refractivity contribution in [1.29, 1.82) is 0 Å². The first-order valence-electron chi connectivity index (χ1n) is 7.12. The molecule has 0 bridgehead atoms. The normalized spacial score (nSPS) is 16.3. The van der Waals surface area contributed by atoms with Crippen molar-refractivity contribution in [2.45, 2.75) is 6.18 Å². The lowest BCUT2D eigenvalue weighted by molar-refractivity contribution is -0.141. The van der Waals surface area contributed by atoms with Crippen molar-refractivity contribution in [3.63, 3.8) is 0 Å². The third-order valence-electron chi connectivity index (χ3n) is 2.98. The van der Waals surface area contributed by atoms with E-state index >= 15 is 0 Å². The Morgan fingerprint density at radius 1 is 1.27 bits per heavy atom. The Labute approximate surface area is 149 Å². The van der Waals surface area contributed by atoms with E-state index in [-0.39, 0.29) is 17.4 Å². The summed E-state index contributed by atoms with van der Waals surface area (Å²) in [6.45, 7) is 0. The van der Waals surface area contributed by atoms with Gasteiger partial charge in [-0.2, -0.15) is 23.3 Å². The van der Waals surface area contributed by atoms with E-state index in [1.807, 2.05) is 0 Å². The van der Waals surface area contributed by atoms with Crippen LogP contribution in [0, 0.1) is 0 Å². The number of hydrogen-bond donors (Lipinski definition) is 1. The lowest BCUT2D eigenvalue weighted by Gasteiger charge is -2.09. The molecule has 3 rings (SSSR count). The molecule has 7 nitrogen and oxygen atoms in total. The number of rotatable bonds is 4. The Morgan fingerprint density at radius 3 is 2.81 bits per heavy atom. The Kier molecular flexibility index (Phi) is 5.16. The molecular formula is C15H10F3N5O2S. The largest absolute Gasteiger partial charge is 0.433 e. The number of nitrogens with one attached hydrogen (secondary N) is 1. The van der Waals surface area contributed by atoms with Crippen molar-refractivity contribution >= 4 is 29.1 Å². The van der Waals surface area contributed by atoms with Crippen molar-refractivity contribution in [3.05, 3.63) is 47.8 Å². The fourth-order valence-corrected chi connectivity index (χ4v) is 2.48. The van der Waals surface area contributed by atoms with Gasteiger partial charge in [-0.15, -0.1) is 5.10 Å². The summed E-state index contributed by atoms with van der Waals surface area (Å²) in [7, 11) is 0. The maximum Gasteiger partial charge on any atom is 0.433 e. The molecule has 1 aliphatic rings. The minimum atomic E-state index is -4.60. The summed E-state index contributed by atoms with van der Waals surface area (Å²) >= 11 is 1.21. The summed E-state index contributed by atoms with van der Waals surface area (Å²) in [4.78, 5) is 18.1. The number of carbonyl (C=O) groups excluding carboxylic acids is 1. The highest BCUT2D eigenvalue weighted by Crippen LogP contribution is 2.29. The first-order valence-corrected chi connectivity index (χ1v) is 8.11. The van der Waals surface area contributed by atoms with Crippen LogP contribution in [0.2, 0.25) is 0 Å². The third kappa shape index (κ3) is 4.57. The number of benzene rings is 1. The molecule has 0 saturated carbocycles. The highest BCUT2D eigenvalue weighted by Gasteiger charge is 2.33. The maximum absolute atomic E-state index is 12.7. The van der Waals surface area contributed by atoms with Gasteiger partial charge in [0.15, 0.2) is 10.9 Å². The van der Waals surface area contributed by atoms with E-state index in [1.54, 1.807) is 18.2 Å². The fraction of sp³-hybridized carbons (Fsp3) is 0.133. The molecule has 1 fully saturated rings. The monoisotopic (exact) mass is 381 g/mol. The Balaban J connectivity index is 1.78. The number of aromatic nitrogens is 2. The van der Waals surface area contributed by atoms with Crippen LogP contribution in [-0.4, -0.2) is 33.0 Å². The van der Waals surface area contributed by atoms with E-state index in [0.29, 0.717) is 10.7 Å². The lowest BCUT2D eigenvalue weighted by Crippen LogP contribution is -2.19. The van der Waals surface area contributed by atoms with Gasteiger partial charge in [-0.1, -0.05) is 23.9 Å². The van der Waals surface area contributed by atoms with Crippen molar-refractivity contribution in [1.82, 2.24) is 15.3 Å². The van der Waals surface area contributed by atoms with Crippen molar-refractivity contribution < 1.29 is 22.7 Å². The summed E-state index contributed by atoms with van der Waals surface area (Å²) in [5, 5.41) is 10.6. The second kappa shape index (κ2) is 7.52. The molecule has 0 atom stereocenters. The number of nitrogens with zero attached hydrogens (tertiary/aromatic N) is 4. The first kappa shape index (κ1) is 17.9. The predicted octanol–water partition coefficient (Wildman–Crippen LogP) is 2.84. The van der Waals surface area contributed by atoms with Gasteiger partial charge in [0.1, 0.15) is 5.75 Å². The van der Waals surface area contributed by atoms with Gasteiger partial charge in [-0.3, -0.25) is 4.79 Å². The van der Waals surface area contributed by atoms with Gasteiger partial charge in [0.25, 0.3) is 0 Å². The zero-order valence-corrected chi connectivity index (χ0v) is 13.7. The van der Waals surface area contributed by atoms with E-state index < -0.39 is 17.9 Å². The number of amides is 1. The summed E-state index contributed by atoms with van der Waals surface area (Å²) in [5.41, 5.74) is -0.652. The Hall–Kier alpha value is -2.95. The van der Waals surface area contributed by atoms with Crippen LogP contribution in [0.25, 0.3) is 0 Å². The van der Waals surface area contributed by atoms with Crippen LogP contribution in [-0.2, 0) is 11.0 Å². The third-order valence-corrected chi connectivity index (χ3v) is 3.84. The molecule has 1 aromatic carbocycles. The molecule has 1 aromatic heterocycles. The van der Waals surface area contributed by atoms with E-state index in [1.165, 1.54) is 24.0 Å². The van der Waals surface area contributed by atoms with E-state index in [4.69, 9.17) is 4.74 Å². The van der Waals surface area contributed by atoms with Gasteiger partial charge in [0, 0.05) is 11.8 Å². The Bertz CT molecular complexity index is 886. The smallest absolute Gasteiger partial charge is 0.424 e. The summed E-state index contributed by atoms with van der Waals surface area (Å²) < 4.78 is 43.5. The van der Waals surface area contributed by atoms with E-state index in [9.17, 15) is 18.0 Å². The molecule has 1 saturated heterocycles. The maximum atomic E-state index is 12.7. The molecule has 0 spiro atoms. The molecule has 1 aliphatic heterocycles. The van der Waals surface area contributed by atoms with Crippen LogP contribution in [0.4, 0.5) is 13.2 Å². The molecule has 0 unspecified atom stereocenters. The number of ether oxygens (including phenoxy) is 1. The SMILES string of the molecule is O=C1CSC(=NN=Cc2ccccc2Oc2nccc(C(F)(F)F)n2)N1. The molecule has 1 N–H and O–H groups in total. The fourth-order valence-electron chi connectivity index (χ4n) is 1.85. The average molecular weight is 381 g/mol. The van der Waals surface area contributed by atoms with Gasteiger partial charge >= 0.3 is 12.2 Å². The predicted molar refractivity (Wildman–Crippen MR) is 89.2 cm³/mol. The topological polar surface area (TPSA) is 88.8 Å². The number of halogens is 3. The number of amidine groups is 1. The highest BCUT2D eigenvalue weighted by molar-refractivity contribution is 8.15. The van der Waals surface area contributed by atoms with E-state index in [0.717, 1.165) is 12.3 Å². The van der Waals surface area contributed by atoms with Crippen LogP contribution >= 0.6 is 11.8 Å². The van der Waals surface area contributed by atoms with Crippen LogP contribution in [0.3, 0.4) is 0 Å². The molecule has 1 amide bonds. The highest BCUT2D eigenvalue weighted by atomic mass is 32.2. The average Bonchev–Trinajstić information content (AvgIpc) is 3.01. The molecule has 26 heavy (non-hydrogen) atoms. The van der Waals surface area contributed by atoms with Crippen LogP contribution in [0.1, 0.15) is 11.3 Å². The van der Waals surface area contributed by atoms with Crippen molar-refractivity contribution in [3.8, 4) is 11.8 Å². The summed E-state index contributed by atoms with van der Waals surface area (Å²) in [6, 6.07) is 6.81. The van der Waals surface area contributed by atoms with E-state index in [2.05, 4.69) is 25.5 Å². The van der Waals surface area contributed by atoms with Gasteiger partial charge in [-0.05, 0) is 18.2 Å². The number of hydrogen-bond acceptors (Lipinski definition) is 7. The zero-order chi connectivity index (χ0) is 18.6. The number of carbonyl (C=O) groups is 1. The second-order valence-corrected chi connectivity index (χ2v) is 5.81. The van der Waals surface area contributed by atoms with Gasteiger partial charge in [0.05, 0.1) is 12.0 Å². The molecular weight excluding hydrogens is 371 g/mol. The number of alkyl halides is 3. The molecule has 2 heterocycles. The minimum Gasteiger partial charge on any atom is -0.424 e. The van der Waals surface area contributed by atoms with Gasteiger partial charge < -0.3 is 10.1 Å². The van der Waals surface area contributed by atoms with Crippen molar-refractivity contribution in [2.75, 3.05) is 5.75 Å². The summed E-state index contributed by atoms with van der Waals surface area (Å²) in [5.74, 6) is 0.328. The first-order chi connectivity index (χ1) is 12.4. The van der Waals surface area contributed by atoms with Gasteiger partial charge in [-0.25, -0.2) is 4.98 Å². The molecule has 0 radical (unpaired) electrons. The second-order valence-electron chi connectivity index (χ2n) is 4.85. The molecule has 11 heteroatoms. The lowest BCUT2D eigenvalue weighted by atomic mass is 10.2. The van der Waals surface area contributed by atoms with Crippen LogP contribution in [0.5, 0.6) is 11.8 Å². The molecule has 0 aliphatic carbocycles. The quantitative estimate of drug-likeness (QED) is 0.650. The zero-order valence-electron chi connectivity index (χ0n) is 12.9. The Morgan fingerprint density at radius 2 is 2.08 bits per heavy atom. The van der Waals surface area contributed by atoms with Crippen molar-refractivity contribution in [2.24, 2.45) is 10.2 Å². The van der Waals surface area contributed by atoms with Crippen LogP contribution < -0.4 is 10.1 Å². The molecule has 2 aromatic rings.